The molecule has 60 valence electrons. The first-order valence-corrected chi connectivity index (χ1v) is 4.56. The highest BCUT2D eigenvalue weighted by Gasteiger charge is 2.00. The minimum Gasteiger partial charge on any atom is -0.334 e. The van der Waals surface area contributed by atoms with Crippen LogP contribution in [0.25, 0.3) is 0 Å². The number of aromatic amines is 1. The van der Waals surface area contributed by atoms with Gasteiger partial charge < -0.3 is 4.98 Å². The first kappa shape index (κ1) is 8.87. The van der Waals surface area contributed by atoms with Gasteiger partial charge in [0.2, 0.25) is 0 Å². The van der Waals surface area contributed by atoms with Crippen molar-refractivity contribution in [3.63, 3.8) is 0 Å². The molecular weight excluding hydrogens is 224 g/mol. The van der Waals surface area contributed by atoms with Gasteiger partial charge in [0.15, 0.2) is 0 Å². The average molecular weight is 233 g/mol. The van der Waals surface area contributed by atoms with Gasteiger partial charge >= 0.3 is 0 Å². The molecule has 0 amide bonds. The van der Waals surface area contributed by atoms with Crippen molar-refractivity contribution < 1.29 is 0 Å². The molecule has 0 aliphatic carbocycles. The smallest absolute Gasteiger partial charge is 0.120 e. The molecule has 0 aliphatic heterocycles. The number of hydrogen-bond acceptors (Lipinski definition) is 2. The van der Waals surface area contributed by atoms with E-state index in [1.807, 2.05) is 0 Å². The van der Waals surface area contributed by atoms with Gasteiger partial charge in [-0.15, -0.1) is 0 Å². The van der Waals surface area contributed by atoms with Gasteiger partial charge in [0.1, 0.15) is 10.5 Å². The number of halogens is 1. The van der Waals surface area contributed by atoms with E-state index in [0.717, 1.165) is 10.3 Å². The molecule has 0 aliphatic rings. The quantitative estimate of drug-likeness (QED) is 0.755. The highest BCUT2D eigenvalue weighted by molar-refractivity contribution is 9.10. The molecule has 0 radical (unpaired) electrons. The van der Waals surface area contributed by atoms with Gasteiger partial charge in [0.05, 0.1) is 4.47 Å². The Morgan fingerprint density at radius 1 is 1.64 bits per heavy atom. The second-order valence-corrected chi connectivity index (χ2v) is 3.86. The molecule has 0 bridgehead atoms. The van der Waals surface area contributed by atoms with Crippen LogP contribution in [0.5, 0.6) is 0 Å². The van der Waals surface area contributed by atoms with Gasteiger partial charge in [-0.2, -0.15) is 0 Å². The van der Waals surface area contributed by atoms with Gasteiger partial charge in [-0.05, 0) is 15.9 Å². The summed E-state index contributed by atoms with van der Waals surface area (Å²) in [5, 5.41) is 0. The Morgan fingerprint density at radius 2 is 2.27 bits per heavy atom. The lowest BCUT2D eigenvalue weighted by Gasteiger charge is -2.03. The van der Waals surface area contributed by atoms with Crippen LogP contribution in [0.3, 0.4) is 0 Å². The third-order valence-electron chi connectivity index (χ3n) is 1.32. The summed E-state index contributed by atoms with van der Waals surface area (Å²) in [7, 11) is 0. The summed E-state index contributed by atoms with van der Waals surface area (Å²) < 4.78 is 1.56. The lowest BCUT2D eigenvalue weighted by atomic mass is 10.2. The maximum Gasteiger partial charge on any atom is 0.120 e. The van der Waals surface area contributed by atoms with Crippen LogP contribution >= 0.6 is 28.1 Å². The average Bonchev–Trinajstić information content (AvgIpc) is 1.94. The van der Waals surface area contributed by atoms with E-state index < -0.39 is 0 Å². The minimum absolute atomic E-state index is 0.393. The summed E-state index contributed by atoms with van der Waals surface area (Å²) in [4.78, 5) is 7.20. The van der Waals surface area contributed by atoms with Crippen molar-refractivity contribution in [3.8, 4) is 0 Å². The Balaban J connectivity index is 3.16. The van der Waals surface area contributed by atoms with Crippen molar-refractivity contribution in [1.29, 1.82) is 0 Å². The molecule has 0 fully saturated rings. The van der Waals surface area contributed by atoms with Crippen molar-refractivity contribution in [2.45, 2.75) is 19.8 Å². The largest absolute Gasteiger partial charge is 0.334 e. The molecule has 2 nitrogen and oxygen atoms in total. The van der Waals surface area contributed by atoms with E-state index in [-0.39, 0.29) is 0 Å². The zero-order chi connectivity index (χ0) is 8.43. The van der Waals surface area contributed by atoms with Crippen LogP contribution in [0, 0.1) is 4.64 Å². The molecule has 11 heavy (non-hydrogen) atoms. The summed E-state index contributed by atoms with van der Waals surface area (Å²) >= 11 is 8.30. The van der Waals surface area contributed by atoms with Crippen LogP contribution in [0.4, 0.5) is 0 Å². The number of H-pyrrole nitrogens is 1. The first-order valence-electron chi connectivity index (χ1n) is 3.36. The van der Waals surface area contributed by atoms with E-state index in [4.69, 9.17) is 12.2 Å². The van der Waals surface area contributed by atoms with E-state index in [1.165, 1.54) is 0 Å². The molecule has 4 heteroatoms. The number of rotatable bonds is 1. The molecule has 0 aromatic carbocycles. The molecule has 1 rings (SSSR count). The Labute approximate surface area is 79.2 Å². The van der Waals surface area contributed by atoms with E-state index >= 15 is 0 Å². The Kier molecular flexibility index (Phi) is 2.78. The van der Waals surface area contributed by atoms with Gasteiger partial charge in [-0.3, -0.25) is 0 Å². The highest BCUT2D eigenvalue weighted by Crippen LogP contribution is 2.12. The first-order chi connectivity index (χ1) is 5.11. The molecule has 0 unspecified atom stereocenters. The lowest BCUT2D eigenvalue weighted by molar-refractivity contribution is 0.769. The van der Waals surface area contributed by atoms with Crippen LogP contribution in [0.1, 0.15) is 25.6 Å². The third kappa shape index (κ3) is 2.10. The van der Waals surface area contributed by atoms with Crippen molar-refractivity contribution in [3.05, 3.63) is 21.1 Å². The molecule has 1 N–H and O–H groups in total. The summed E-state index contributed by atoms with van der Waals surface area (Å²) in [5.41, 5.74) is 0. The van der Waals surface area contributed by atoms with Crippen LogP contribution in [0.2, 0.25) is 0 Å². The standard InChI is InChI=1S/C7H9BrN2S/c1-4(2)6-9-3-5(8)7(11)10-6/h3-4H,1-2H3,(H,9,10,11). The topological polar surface area (TPSA) is 28.7 Å². The van der Waals surface area contributed by atoms with Crippen LogP contribution in [0.15, 0.2) is 10.7 Å². The monoisotopic (exact) mass is 232 g/mol. The molecule has 0 saturated carbocycles. The van der Waals surface area contributed by atoms with Crippen molar-refractivity contribution >= 4 is 28.1 Å². The van der Waals surface area contributed by atoms with E-state index in [0.29, 0.717) is 10.6 Å². The Morgan fingerprint density at radius 3 is 2.73 bits per heavy atom. The van der Waals surface area contributed by atoms with Gasteiger partial charge in [0.25, 0.3) is 0 Å². The second kappa shape index (κ2) is 3.45. The van der Waals surface area contributed by atoms with E-state index in [1.54, 1.807) is 6.20 Å². The van der Waals surface area contributed by atoms with E-state index in [2.05, 4.69) is 39.7 Å². The maximum absolute atomic E-state index is 5.02. The maximum atomic E-state index is 5.02. The van der Waals surface area contributed by atoms with Crippen molar-refractivity contribution in [2.24, 2.45) is 0 Å². The summed E-state index contributed by atoms with van der Waals surface area (Å²) in [5.74, 6) is 1.32. The summed E-state index contributed by atoms with van der Waals surface area (Å²) in [6.07, 6.45) is 1.73. The number of nitrogens with one attached hydrogen (secondary N) is 1. The second-order valence-electron chi connectivity index (χ2n) is 2.60. The fourth-order valence-electron chi connectivity index (χ4n) is 0.687. The molecule has 0 atom stereocenters. The molecule has 1 aromatic heterocycles. The van der Waals surface area contributed by atoms with Crippen molar-refractivity contribution in [2.75, 3.05) is 0 Å². The molecule has 0 spiro atoms. The number of hydrogen-bond donors (Lipinski definition) is 1. The Bertz CT molecular complexity index is 306. The van der Waals surface area contributed by atoms with E-state index in [9.17, 15) is 0 Å². The van der Waals surface area contributed by atoms with Crippen LogP contribution in [-0.4, -0.2) is 9.97 Å². The zero-order valence-electron chi connectivity index (χ0n) is 6.39. The van der Waals surface area contributed by atoms with Gasteiger partial charge in [-0.25, -0.2) is 4.98 Å². The predicted molar refractivity (Wildman–Crippen MR) is 51.2 cm³/mol. The molecule has 1 heterocycles. The highest BCUT2D eigenvalue weighted by atomic mass is 79.9. The van der Waals surface area contributed by atoms with Crippen molar-refractivity contribution in [1.82, 2.24) is 9.97 Å². The Hall–Kier alpha value is -0.220. The number of nitrogens with zero attached hydrogens (tertiary/aromatic N) is 1. The lowest BCUT2D eigenvalue weighted by Crippen LogP contribution is -1.96. The van der Waals surface area contributed by atoms with Crippen LogP contribution in [-0.2, 0) is 0 Å². The zero-order valence-corrected chi connectivity index (χ0v) is 8.79. The molecular formula is C7H9BrN2S. The SMILES string of the molecule is CC(C)c1ncc(Br)c(=S)[nH]1. The molecule has 0 saturated heterocycles. The minimum atomic E-state index is 0.393. The summed E-state index contributed by atoms with van der Waals surface area (Å²) in [6.45, 7) is 4.14. The molecule has 1 aromatic rings. The van der Waals surface area contributed by atoms with Gasteiger partial charge in [-0.1, -0.05) is 26.1 Å². The van der Waals surface area contributed by atoms with Gasteiger partial charge in [0, 0.05) is 12.1 Å². The summed E-state index contributed by atoms with van der Waals surface area (Å²) in [6, 6.07) is 0. The van der Waals surface area contributed by atoms with Crippen LogP contribution < -0.4 is 0 Å². The predicted octanol–water partition coefficient (Wildman–Crippen LogP) is 3.03. The fraction of sp³-hybridized carbons (Fsp3) is 0.429. The number of aromatic nitrogens is 2. The fourth-order valence-corrected chi connectivity index (χ4v) is 1.05. The normalized spacial score (nSPS) is 10.5. The third-order valence-corrected chi connectivity index (χ3v) is 2.51.